The van der Waals surface area contributed by atoms with E-state index in [1.165, 1.54) is 6.42 Å². The summed E-state index contributed by atoms with van der Waals surface area (Å²) in [5.41, 5.74) is 5.47. The predicted molar refractivity (Wildman–Crippen MR) is 48.5 cm³/mol. The summed E-state index contributed by atoms with van der Waals surface area (Å²) >= 11 is 0. The summed E-state index contributed by atoms with van der Waals surface area (Å²) in [5.74, 6) is 0.732. The highest BCUT2D eigenvalue weighted by molar-refractivity contribution is 4.75. The molecule has 0 aliphatic rings. The smallest absolute Gasteiger partial charge is 0.0772 e. The van der Waals surface area contributed by atoms with Gasteiger partial charge in [0.2, 0.25) is 0 Å². The molecule has 0 aliphatic carbocycles. The lowest BCUT2D eigenvalue weighted by molar-refractivity contribution is 0.00276. The van der Waals surface area contributed by atoms with Crippen LogP contribution >= 0.6 is 0 Å². The molecule has 0 aromatic carbocycles. The largest absolute Gasteiger partial charge is 0.377 e. The van der Waals surface area contributed by atoms with E-state index >= 15 is 0 Å². The molecule has 1 atom stereocenters. The van der Waals surface area contributed by atoms with Crippen molar-refractivity contribution in [2.24, 2.45) is 11.7 Å². The first-order valence-corrected chi connectivity index (χ1v) is 4.29. The molecule has 0 fully saturated rings. The van der Waals surface area contributed by atoms with Crippen LogP contribution in [0.1, 0.15) is 33.6 Å². The van der Waals surface area contributed by atoms with Gasteiger partial charge in [0.15, 0.2) is 0 Å². The van der Waals surface area contributed by atoms with Crippen LogP contribution in [0, 0.1) is 5.92 Å². The molecule has 0 aliphatic heterocycles. The van der Waals surface area contributed by atoms with Gasteiger partial charge in [-0.05, 0) is 25.7 Å². The highest BCUT2D eigenvalue weighted by Gasteiger charge is 2.20. The van der Waals surface area contributed by atoms with E-state index in [1.807, 2.05) is 0 Å². The predicted octanol–water partition coefficient (Wildman–Crippen LogP) is 1.79. The fourth-order valence-electron chi connectivity index (χ4n) is 0.881. The lowest BCUT2D eigenvalue weighted by Crippen LogP contribution is -2.36. The zero-order valence-electron chi connectivity index (χ0n) is 8.18. The first kappa shape index (κ1) is 10.9. The van der Waals surface area contributed by atoms with Crippen LogP contribution in [0.2, 0.25) is 0 Å². The number of hydrogen-bond acceptors (Lipinski definition) is 2. The fraction of sp³-hybridized carbons (Fsp3) is 1.00. The average molecular weight is 159 g/mol. The molecular weight excluding hydrogens is 138 g/mol. The number of nitrogens with two attached hydrogens (primary N) is 1. The zero-order chi connectivity index (χ0) is 8.91. The fourth-order valence-corrected chi connectivity index (χ4v) is 0.881. The van der Waals surface area contributed by atoms with Gasteiger partial charge in [0.25, 0.3) is 0 Å². The Bertz CT molecular complexity index is 97.7. The standard InChI is InChI=1S/C9H21NO/c1-8(2)5-6-9(3,7-10)11-4/h8H,5-7,10H2,1-4H3/t9-/m0/s1. The highest BCUT2D eigenvalue weighted by atomic mass is 16.5. The summed E-state index contributed by atoms with van der Waals surface area (Å²) in [4.78, 5) is 0. The Morgan fingerprint density at radius 2 is 2.00 bits per heavy atom. The maximum Gasteiger partial charge on any atom is 0.0772 e. The summed E-state index contributed by atoms with van der Waals surface area (Å²) in [7, 11) is 1.73. The third-order valence-electron chi connectivity index (χ3n) is 2.18. The van der Waals surface area contributed by atoms with Crippen molar-refractivity contribution < 1.29 is 4.74 Å². The number of rotatable bonds is 5. The van der Waals surface area contributed by atoms with Gasteiger partial charge in [-0.25, -0.2) is 0 Å². The van der Waals surface area contributed by atoms with Crippen molar-refractivity contribution in [3.63, 3.8) is 0 Å². The van der Waals surface area contributed by atoms with Crippen molar-refractivity contribution in [1.82, 2.24) is 0 Å². The van der Waals surface area contributed by atoms with Crippen molar-refractivity contribution in [3.05, 3.63) is 0 Å². The van der Waals surface area contributed by atoms with Crippen LogP contribution in [0.4, 0.5) is 0 Å². The van der Waals surface area contributed by atoms with E-state index in [0.717, 1.165) is 12.3 Å². The molecule has 2 N–H and O–H groups in total. The minimum Gasteiger partial charge on any atom is -0.377 e. The van der Waals surface area contributed by atoms with Crippen molar-refractivity contribution in [1.29, 1.82) is 0 Å². The lowest BCUT2D eigenvalue weighted by atomic mass is 9.95. The van der Waals surface area contributed by atoms with E-state index in [0.29, 0.717) is 6.54 Å². The van der Waals surface area contributed by atoms with E-state index < -0.39 is 0 Å². The molecule has 0 unspecified atom stereocenters. The molecule has 11 heavy (non-hydrogen) atoms. The van der Waals surface area contributed by atoms with Gasteiger partial charge in [-0.3, -0.25) is 0 Å². The van der Waals surface area contributed by atoms with Crippen LogP contribution in [-0.2, 0) is 4.74 Å². The van der Waals surface area contributed by atoms with E-state index in [4.69, 9.17) is 10.5 Å². The molecule has 2 heteroatoms. The van der Waals surface area contributed by atoms with Crippen molar-refractivity contribution in [2.45, 2.75) is 39.2 Å². The Balaban J connectivity index is 3.69. The second kappa shape index (κ2) is 4.73. The Morgan fingerprint density at radius 3 is 2.27 bits per heavy atom. The number of methoxy groups -OCH3 is 1. The van der Waals surface area contributed by atoms with Gasteiger partial charge in [-0.1, -0.05) is 13.8 Å². The maximum absolute atomic E-state index is 5.58. The van der Waals surface area contributed by atoms with Crippen LogP contribution in [-0.4, -0.2) is 19.3 Å². The van der Waals surface area contributed by atoms with E-state index in [2.05, 4.69) is 20.8 Å². The second-order valence-electron chi connectivity index (χ2n) is 3.79. The first-order chi connectivity index (χ1) is 5.04. The molecule has 68 valence electrons. The minimum atomic E-state index is -0.107. The Kier molecular flexibility index (Phi) is 4.69. The Hall–Kier alpha value is -0.0800. The molecule has 0 aromatic heterocycles. The average Bonchev–Trinajstić information content (AvgIpc) is 2.00. The molecule has 0 radical (unpaired) electrons. The van der Waals surface area contributed by atoms with Crippen LogP contribution in [0.5, 0.6) is 0 Å². The maximum atomic E-state index is 5.58. The second-order valence-corrected chi connectivity index (χ2v) is 3.79. The van der Waals surface area contributed by atoms with Gasteiger partial charge < -0.3 is 10.5 Å². The van der Waals surface area contributed by atoms with Crippen molar-refractivity contribution >= 4 is 0 Å². The SMILES string of the molecule is CO[C@](C)(CN)CCC(C)C. The van der Waals surface area contributed by atoms with Crippen molar-refractivity contribution in [2.75, 3.05) is 13.7 Å². The van der Waals surface area contributed by atoms with Crippen molar-refractivity contribution in [3.8, 4) is 0 Å². The quantitative estimate of drug-likeness (QED) is 0.663. The van der Waals surface area contributed by atoms with Crippen LogP contribution in [0.15, 0.2) is 0 Å². The van der Waals surface area contributed by atoms with Crippen LogP contribution in [0.3, 0.4) is 0 Å². The monoisotopic (exact) mass is 159 g/mol. The zero-order valence-corrected chi connectivity index (χ0v) is 8.18. The Labute approximate surface area is 70.1 Å². The normalized spacial score (nSPS) is 16.9. The van der Waals surface area contributed by atoms with E-state index in [1.54, 1.807) is 7.11 Å². The molecule has 0 amide bonds. The first-order valence-electron chi connectivity index (χ1n) is 4.29. The third kappa shape index (κ3) is 4.38. The summed E-state index contributed by atoms with van der Waals surface area (Å²) in [6, 6.07) is 0. The van der Waals surface area contributed by atoms with Gasteiger partial charge in [-0.2, -0.15) is 0 Å². The summed E-state index contributed by atoms with van der Waals surface area (Å²) < 4.78 is 5.31. The Morgan fingerprint density at radius 1 is 1.45 bits per heavy atom. The van der Waals surface area contributed by atoms with Gasteiger partial charge in [-0.15, -0.1) is 0 Å². The molecule has 0 saturated carbocycles. The summed E-state index contributed by atoms with van der Waals surface area (Å²) in [5, 5.41) is 0. The molecule has 0 rings (SSSR count). The van der Waals surface area contributed by atoms with Crippen LogP contribution in [0.25, 0.3) is 0 Å². The van der Waals surface area contributed by atoms with Gasteiger partial charge in [0, 0.05) is 13.7 Å². The van der Waals surface area contributed by atoms with Crippen LogP contribution < -0.4 is 5.73 Å². The van der Waals surface area contributed by atoms with E-state index in [-0.39, 0.29) is 5.60 Å². The molecule has 0 bridgehead atoms. The van der Waals surface area contributed by atoms with Gasteiger partial charge in [0.05, 0.1) is 5.60 Å². The molecule has 0 saturated heterocycles. The van der Waals surface area contributed by atoms with Gasteiger partial charge in [0.1, 0.15) is 0 Å². The third-order valence-corrected chi connectivity index (χ3v) is 2.18. The van der Waals surface area contributed by atoms with Gasteiger partial charge >= 0.3 is 0 Å². The van der Waals surface area contributed by atoms with E-state index in [9.17, 15) is 0 Å². The molecule has 0 spiro atoms. The summed E-state index contributed by atoms with van der Waals surface area (Å²) in [6.07, 6.45) is 2.24. The molecule has 2 nitrogen and oxygen atoms in total. The molecular formula is C9H21NO. The summed E-state index contributed by atoms with van der Waals surface area (Å²) in [6.45, 7) is 7.10. The molecule has 0 heterocycles. The highest BCUT2D eigenvalue weighted by Crippen LogP contribution is 2.18. The lowest BCUT2D eigenvalue weighted by Gasteiger charge is -2.26. The number of ether oxygens (including phenoxy) is 1. The minimum absolute atomic E-state index is 0.107. The number of hydrogen-bond donors (Lipinski definition) is 1. The topological polar surface area (TPSA) is 35.2 Å². The molecule has 0 aromatic rings.